The third kappa shape index (κ3) is 2.91. The zero-order valence-electron chi connectivity index (χ0n) is 6.35. The normalized spacial score (nSPS) is 10.1. The summed E-state index contributed by atoms with van der Waals surface area (Å²) in [4.78, 5) is 10.3. The van der Waals surface area contributed by atoms with Gasteiger partial charge < -0.3 is 5.11 Å². The van der Waals surface area contributed by atoms with Crippen molar-refractivity contribution in [3.63, 3.8) is 0 Å². The molecule has 0 bridgehead atoms. The fourth-order valence-electron chi connectivity index (χ4n) is 0.885. The van der Waals surface area contributed by atoms with Crippen LogP contribution in [0, 0.1) is 9.39 Å². The molecule has 70 valence electrons. The van der Waals surface area contributed by atoms with Crippen LogP contribution in [-0.2, 0) is 11.2 Å². The van der Waals surface area contributed by atoms with Crippen LogP contribution in [0.3, 0.4) is 0 Å². The highest BCUT2D eigenvalue weighted by Crippen LogP contribution is 2.23. The fraction of sp³-hybridized carbons (Fsp3) is 0.125. The monoisotopic (exact) mass is 358 g/mol. The number of aliphatic carboxylic acids is 1. The van der Waals surface area contributed by atoms with Crippen LogP contribution in [0.2, 0.25) is 0 Å². The van der Waals surface area contributed by atoms with Gasteiger partial charge in [-0.15, -0.1) is 0 Å². The number of carboxylic acids is 1. The van der Waals surface area contributed by atoms with Crippen molar-refractivity contribution in [1.29, 1.82) is 0 Å². The SMILES string of the molecule is O=C(O)Cc1cc(F)c(I)c(Br)c1. The van der Waals surface area contributed by atoms with E-state index in [1.54, 1.807) is 6.07 Å². The van der Waals surface area contributed by atoms with Crippen LogP contribution in [0.4, 0.5) is 4.39 Å². The van der Waals surface area contributed by atoms with Crippen LogP contribution in [0.15, 0.2) is 16.6 Å². The summed E-state index contributed by atoms with van der Waals surface area (Å²) >= 11 is 5.00. The fourth-order valence-corrected chi connectivity index (χ4v) is 1.68. The van der Waals surface area contributed by atoms with E-state index >= 15 is 0 Å². The Bertz CT molecular complexity index is 331. The lowest BCUT2D eigenvalue weighted by Crippen LogP contribution is -2.01. The molecule has 1 N–H and O–H groups in total. The molecule has 5 heteroatoms. The number of hydrogen-bond acceptors (Lipinski definition) is 1. The molecule has 0 spiro atoms. The second kappa shape index (κ2) is 4.36. The summed E-state index contributed by atoms with van der Waals surface area (Å²) in [5.41, 5.74) is 0.456. The third-order valence-electron chi connectivity index (χ3n) is 1.40. The van der Waals surface area contributed by atoms with Gasteiger partial charge in [-0.25, -0.2) is 4.39 Å². The maximum Gasteiger partial charge on any atom is 0.307 e. The van der Waals surface area contributed by atoms with Crippen molar-refractivity contribution in [2.45, 2.75) is 6.42 Å². The molecule has 0 unspecified atom stereocenters. The first-order chi connectivity index (χ1) is 6.00. The first kappa shape index (κ1) is 10.9. The lowest BCUT2D eigenvalue weighted by Gasteiger charge is -2.02. The zero-order valence-corrected chi connectivity index (χ0v) is 10.1. The van der Waals surface area contributed by atoms with E-state index in [1.165, 1.54) is 6.07 Å². The van der Waals surface area contributed by atoms with E-state index in [0.717, 1.165) is 0 Å². The highest BCUT2D eigenvalue weighted by molar-refractivity contribution is 14.1. The molecule has 0 amide bonds. The van der Waals surface area contributed by atoms with Crippen molar-refractivity contribution in [2.24, 2.45) is 0 Å². The molecule has 1 aromatic rings. The molecule has 0 atom stereocenters. The van der Waals surface area contributed by atoms with Crippen LogP contribution in [0.5, 0.6) is 0 Å². The average Bonchev–Trinajstić information content (AvgIpc) is 1.98. The Morgan fingerprint density at radius 3 is 2.69 bits per heavy atom. The molecule has 0 fully saturated rings. The van der Waals surface area contributed by atoms with Gasteiger partial charge in [-0.05, 0) is 56.2 Å². The van der Waals surface area contributed by atoms with Crippen molar-refractivity contribution in [2.75, 3.05) is 0 Å². The van der Waals surface area contributed by atoms with Crippen molar-refractivity contribution in [1.82, 2.24) is 0 Å². The number of carbonyl (C=O) groups is 1. The van der Waals surface area contributed by atoms with Gasteiger partial charge in [0.15, 0.2) is 0 Å². The summed E-state index contributed by atoms with van der Waals surface area (Å²) in [5, 5.41) is 8.48. The Balaban J connectivity index is 3.06. The molecule has 0 saturated carbocycles. The predicted molar refractivity (Wildman–Crippen MR) is 58.2 cm³/mol. The minimum Gasteiger partial charge on any atom is -0.481 e. The van der Waals surface area contributed by atoms with E-state index in [0.29, 0.717) is 13.6 Å². The molecule has 0 heterocycles. The van der Waals surface area contributed by atoms with Gasteiger partial charge in [0.25, 0.3) is 0 Å². The number of carboxylic acid groups (broad SMARTS) is 1. The van der Waals surface area contributed by atoms with Gasteiger partial charge in [0.2, 0.25) is 0 Å². The van der Waals surface area contributed by atoms with Gasteiger partial charge in [0.1, 0.15) is 5.82 Å². The quantitative estimate of drug-likeness (QED) is 0.652. The van der Waals surface area contributed by atoms with Crippen LogP contribution in [-0.4, -0.2) is 11.1 Å². The molecule has 0 saturated heterocycles. The Hall–Kier alpha value is -0.170. The number of rotatable bonds is 2. The summed E-state index contributed by atoms with van der Waals surface area (Å²) in [6.45, 7) is 0. The van der Waals surface area contributed by atoms with Crippen LogP contribution in [0.1, 0.15) is 5.56 Å². The molecule has 2 nitrogen and oxygen atoms in total. The lowest BCUT2D eigenvalue weighted by atomic mass is 10.1. The van der Waals surface area contributed by atoms with E-state index < -0.39 is 11.8 Å². The highest BCUT2D eigenvalue weighted by atomic mass is 127. The summed E-state index contributed by atoms with van der Waals surface area (Å²) in [6, 6.07) is 2.85. The Kier molecular flexibility index (Phi) is 3.66. The molecular formula is C8H5BrFIO2. The molecular weight excluding hydrogens is 354 g/mol. The second-order valence-electron chi connectivity index (χ2n) is 2.44. The average molecular weight is 359 g/mol. The number of hydrogen-bond donors (Lipinski definition) is 1. The third-order valence-corrected chi connectivity index (χ3v) is 3.86. The highest BCUT2D eigenvalue weighted by Gasteiger charge is 2.08. The van der Waals surface area contributed by atoms with Gasteiger partial charge in [-0.1, -0.05) is 0 Å². The minimum atomic E-state index is -0.965. The first-order valence-corrected chi connectivity index (χ1v) is 5.23. The molecule has 1 rings (SSSR count). The standard InChI is InChI=1S/C8H5BrFIO2/c9-5-1-4(3-7(12)13)2-6(10)8(5)11/h1-2H,3H2,(H,12,13). The van der Waals surface area contributed by atoms with E-state index in [2.05, 4.69) is 15.9 Å². The Morgan fingerprint density at radius 1 is 1.62 bits per heavy atom. The molecule has 0 aliphatic rings. The molecule has 0 aliphatic heterocycles. The largest absolute Gasteiger partial charge is 0.481 e. The lowest BCUT2D eigenvalue weighted by molar-refractivity contribution is -0.136. The maximum absolute atomic E-state index is 13.1. The van der Waals surface area contributed by atoms with Crippen LogP contribution in [0.25, 0.3) is 0 Å². The van der Waals surface area contributed by atoms with Gasteiger partial charge in [-0.3, -0.25) is 4.79 Å². The topological polar surface area (TPSA) is 37.3 Å². The van der Waals surface area contributed by atoms with Crippen LogP contribution < -0.4 is 0 Å². The smallest absolute Gasteiger partial charge is 0.307 e. The maximum atomic E-state index is 13.1. The van der Waals surface area contributed by atoms with Crippen LogP contribution >= 0.6 is 38.5 Å². The predicted octanol–water partition coefficient (Wildman–Crippen LogP) is 2.82. The Labute approximate surface area is 96.4 Å². The molecule has 0 aromatic heterocycles. The van der Waals surface area contributed by atoms with Crippen molar-refractivity contribution in [3.8, 4) is 0 Å². The summed E-state index contributed by atoms with van der Waals surface area (Å²) in [7, 11) is 0. The molecule has 13 heavy (non-hydrogen) atoms. The summed E-state index contributed by atoms with van der Waals surface area (Å²) < 4.78 is 14.1. The summed E-state index contributed by atoms with van der Waals surface area (Å²) in [6.07, 6.45) is -0.160. The van der Waals surface area contributed by atoms with Crippen molar-refractivity contribution in [3.05, 3.63) is 31.6 Å². The van der Waals surface area contributed by atoms with Crippen molar-refractivity contribution >= 4 is 44.5 Å². The van der Waals surface area contributed by atoms with Gasteiger partial charge in [0.05, 0.1) is 9.99 Å². The van der Waals surface area contributed by atoms with E-state index in [1.807, 2.05) is 22.6 Å². The number of benzene rings is 1. The van der Waals surface area contributed by atoms with E-state index in [4.69, 9.17) is 5.11 Å². The molecule has 1 aromatic carbocycles. The second-order valence-corrected chi connectivity index (χ2v) is 4.38. The Morgan fingerprint density at radius 2 is 2.23 bits per heavy atom. The molecule has 0 aliphatic carbocycles. The summed E-state index contributed by atoms with van der Waals surface area (Å²) in [5.74, 6) is -1.36. The number of halogens is 3. The van der Waals surface area contributed by atoms with Gasteiger partial charge in [-0.2, -0.15) is 0 Å². The minimum absolute atomic E-state index is 0.160. The first-order valence-electron chi connectivity index (χ1n) is 3.36. The molecule has 0 radical (unpaired) electrons. The van der Waals surface area contributed by atoms with Gasteiger partial charge >= 0.3 is 5.97 Å². The van der Waals surface area contributed by atoms with Crippen molar-refractivity contribution < 1.29 is 14.3 Å². The van der Waals surface area contributed by atoms with E-state index in [-0.39, 0.29) is 6.42 Å². The van der Waals surface area contributed by atoms with E-state index in [9.17, 15) is 9.18 Å². The zero-order chi connectivity index (χ0) is 10.0. The van der Waals surface area contributed by atoms with Gasteiger partial charge in [0, 0.05) is 4.47 Å².